The predicted molar refractivity (Wildman–Crippen MR) is 91.2 cm³/mol. The van der Waals surface area contributed by atoms with Gasteiger partial charge in [-0.1, -0.05) is 32.9 Å². The van der Waals surface area contributed by atoms with Crippen molar-refractivity contribution >= 4 is 15.7 Å². The average molecular weight is 338 g/mol. The summed E-state index contributed by atoms with van der Waals surface area (Å²) in [5.74, 6) is -0.193. The highest BCUT2D eigenvalue weighted by atomic mass is 32.2. The second-order valence-electron chi connectivity index (χ2n) is 7.03. The zero-order chi connectivity index (χ0) is 17.1. The summed E-state index contributed by atoms with van der Waals surface area (Å²) in [6.45, 7) is 7.24. The molecule has 0 bridgehead atoms. The predicted octanol–water partition coefficient (Wildman–Crippen LogP) is 1.63. The lowest BCUT2D eigenvalue weighted by Crippen LogP contribution is -2.42. The van der Waals surface area contributed by atoms with Gasteiger partial charge >= 0.3 is 0 Å². The van der Waals surface area contributed by atoms with Crippen molar-refractivity contribution in [2.75, 3.05) is 18.8 Å². The van der Waals surface area contributed by atoms with Crippen molar-refractivity contribution in [1.29, 1.82) is 0 Å². The van der Waals surface area contributed by atoms with Crippen LogP contribution in [0.15, 0.2) is 29.2 Å². The maximum atomic E-state index is 12.3. The van der Waals surface area contributed by atoms with Gasteiger partial charge in [0.1, 0.15) is 0 Å². The van der Waals surface area contributed by atoms with Crippen LogP contribution < -0.4 is 10.6 Å². The van der Waals surface area contributed by atoms with Gasteiger partial charge in [0.15, 0.2) is 9.84 Å². The van der Waals surface area contributed by atoms with Crippen molar-refractivity contribution < 1.29 is 13.2 Å². The Balaban J connectivity index is 1.92. The van der Waals surface area contributed by atoms with Crippen LogP contribution in [0.5, 0.6) is 0 Å². The van der Waals surface area contributed by atoms with E-state index in [4.69, 9.17) is 0 Å². The molecule has 23 heavy (non-hydrogen) atoms. The van der Waals surface area contributed by atoms with Crippen molar-refractivity contribution in [2.24, 2.45) is 0 Å². The number of carbonyl (C=O) groups is 1. The topological polar surface area (TPSA) is 75.3 Å². The fourth-order valence-corrected chi connectivity index (χ4v) is 3.78. The van der Waals surface area contributed by atoms with E-state index in [0.717, 1.165) is 24.9 Å². The summed E-state index contributed by atoms with van der Waals surface area (Å²) >= 11 is 0. The first-order chi connectivity index (χ1) is 10.7. The van der Waals surface area contributed by atoms with Crippen LogP contribution in [0.4, 0.5) is 0 Å². The molecule has 1 aliphatic rings. The number of amides is 1. The Morgan fingerprint density at radius 3 is 2.43 bits per heavy atom. The molecule has 1 fully saturated rings. The first kappa shape index (κ1) is 17.9. The number of nitrogens with one attached hydrogen (secondary N) is 2. The molecule has 1 heterocycles. The van der Waals surface area contributed by atoms with E-state index >= 15 is 0 Å². The fraction of sp³-hybridized carbons (Fsp3) is 0.588. The lowest BCUT2D eigenvalue weighted by atomic mass is 9.87. The van der Waals surface area contributed by atoms with Crippen molar-refractivity contribution in [3.05, 3.63) is 29.8 Å². The lowest BCUT2D eigenvalue weighted by molar-refractivity contribution is -0.122. The quantitative estimate of drug-likeness (QED) is 0.855. The van der Waals surface area contributed by atoms with Gasteiger partial charge in [0.25, 0.3) is 0 Å². The van der Waals surface area contributed by atoms with Crippen LogP contribution in [-0.4, -0.2) is 39.2 Å². The van der Waals surface area contributed by atoms with Crippen LogP contribution in [-0.2, 0) is 20.0 Å². The molecule has 0 spiro atoms. The monoisotopic (exact) mass is 338 g/mol. The molecule has 0 aromatic heterocycles. The molecule has 128 valence electrons. The molecule has 6 heteroatoms. The summed E-state index contributed by atoms with van der Waals surface area (Å²) in [5, 5.41) is 5.80. The summed E-state index contributed by atoms with van der Waals surface area (Å²) in [4.78, 5) is 12.2. The van der Waals surface area contributed by atoms with Gasteiger partial charge in [0, 0.05) is 6.54 Å². The summed E-state index contributed by atoms with van der Waals surface area (Å²) in [7, 11) is -3.38. The number of hydrogen-bond acceptors (Lipinski definition) is 4. The van der Waals surface area contributed by atoms with Crippen LogP contribution >= 0.6 is 0 Å². The van der Waals surface area contributed by atoms with E-state index < -0.39 is 9.84 Å². The first-order valence-electron chi connectivity index (χ1n) is 8.04. The largest absolute Gasteiger partial charge is 0.354 e. The Hall–Kier alpha value is -1.40. The Labute approximate surface area is 138 Å². The summed E-state index contributed by atoms with van der Waals surface area (Å²) in [6.07, 6.45) is 1.79. The maximum absolute atomic E-state index is 12.3. The maximum Gasteiger partial charge on any atom is 0.237 e. The van der Waals surface area contributed by atoms with Gasteiger partial charge in [-0.2, -0.15) is 0 Å². The second-order valence-corrected chi connectivity index (χ2v) is 9.14. The molecule has 1 saturated heterocycles. The van der Waals surface area contributed by atoms with E-state index in [1.165, 1.54) is 0 Å². The molecule has 1 aromatic carbocycles. The van der Waals surface area contributed by atoms with Crippen LogP contribution in [0.3, 0.4) is 0 Å². The normalized spacial score (nSPS) is 18.8. The highest BCUT2D eigenvalue weighted by molar-refractivity contribution is 7.91. The van der Waals surface area contributed by atoms with Crippen LogP contribution in [0.2, 0.25) is 0 Å². The van der Waals surface area contributed by atoms with E-state index in [-0.39, 0.29) is 29.7 Å². The minimum absolute atomic E-state index is 0.00938. The van der Waals surface area contributed by atoms with Crippen molar-refractivity contribution in [3.8, 4) is 0 Å². The zero-order valence-electron chi connectivity index (χ0n) is 14.1. The Morgan fingerprint density at radius 1 is 1.26 bits per heavy atom. The number of benzene rings is 1. The molecular formula is C17H26N2O3S. The van der Waals surface area contributed by atoms with E-state index in [1.807, 2.05) is 12.1 Å². The van der Waals surface area contributed by atoms with Crippen molar-refractivity contribution in [2.45, 2.75) is 50.0 Å². The third-order valence-electron chi connectivity index (χ3n) is 4.13. The molecule has 0 saturated carbocycles. The molecule has 1 atom stereocenters. The number of rotatable bonds is 5. The van der Waals surface area contributed by atoms with Crippen LogP contribution in [0, 0.1) is 0 Å². The van der Waals surface area contributed by atoms with E-state index in [2.05, 4.69) is 31.4 Å². The fourth-order valence-electron chi connectivity index (χ4n) is 2.62. The van der Waals surface area contributed by atoms with E-state index in [1.54, 1.807) is 12.1 Å². The minimum atomic E-state index is -3.38. The Morgan fingerprint density at radius 2 is 1.91 bits per heavy atom. The molecule has 5 nitrogen and oxygen atoms in total. The number of hydrogen-bond donors (Lipinski definition) is 2. The standard InChI is InChI=1S/C17H26N2O3S/c1-17(2,3)13-6-8-14(9-7-13)23(21,22)12-11-19-16(20)15-5-4-10-18-15/h6-9,15,18H,4-5,10-12H2,1-3H3,(H,19,20)/t15-/m0/s1. The van der Waals surface area contributed by atoms with E-state index in [0.29, 0.717) is 4.90 Å². The zero-order valence-corrected chi connectivity index (χ0v) is 14.9. The summed E-state index contributed by atoms with van der Waals surface area (Å²) in [5.41, 5.74) is 1.09. The number of sulfone groups is 1. The van der Waals surface area contributed by atoms with Crippen LogP contribution in [0.25, 0.3) is 0 Å². The second kappa shape index (κ2) is 7.01. The molecule has 2 rings (SSSR count). The molecule has 0 aliphatic carbocycles. The smallest absolute Gasteiger partial charge is 0.237 e. The molecule has 1 aliphatic heterocycles. The highest BCUT2D eigenvalue weighted by Crippen LogP contribution is 2.23. The molecule has 0 unspecified atom stereocenters. The molecular weight excluding hydrogens is 312 g/mol. The average Bonchev–Trinajstić information content (AvgIpc) is 3.00. The summed E-state index contributed by atoms with van der Waals surface area (Å²) < 4.78 is 24.7. The molecule has 1 amide bonds. The third kappa shape index (κ3) is 4.78. The molecule has 2 N–H and O–H groups in total. The Bertz CT molecular complexity index is 639. The van der Waals surface area contributed by atoms with Gasteiger partial charge in [-0.05, 0) is 42.5 Å². The van der Waals surface area contributed by atoms with Gasteiger partial charge in [0.2, 0.25) is 5.91 Å². The van der Waals surface area contributed by atoms with Crippen molar-refractivity contribution in [3.63, 3.8) is 0 Å². The van der Waals surface area contributed by atoms with Gasteiger partial charge in [-0.3, -0.25) is 4.79 Å². The third-order valence-corrected chi connectivity index (χ3v) is 5.86. The molecule has 1 aromatic rings. The first-order valence-corrected chi connectivity index (χ1v) is 9.70. The molecule has 0 radical (unpaired) electrons. The van der Waals surface area contributed by atoms with Gasteiger partial charge in [0.05, 0.1) is 16.7 Å². The summed E-state index contributed by atoms with van der Waals surface area (Å²) in [6, 6.07) is 6.83. The Kier molecular flexibility index (Phi) is 5.47. The van der Waals surface area contributed by atoms with Gasteiger partial charge in [-0.25, -0.2) is 8.42 Å². The number of carbonyl (C=O) groups excluding carboxylic acids is 1. The SMILES string of the molecule is CC(C)(C)c1ccc(S(=O)(=O)CCNC(=O)[C@@H]2CCCN2)cc1. The van der Waals surface area contributed by atoms with Crippen LogP contribution in [0.1, 0.15) is 39.2 Å². The van der Waals surface area contributed by atoms with Gasteiger partial charge < -0.3 is 10.6 Å². The highest BCUT2D eigenvalue weighted by Gasteiger charge is 2.22. The lowest BCUT2D eigenvalue weighted by Gasteiger charge is -2.19. The van der Waals surface area contributed by atoms with E-state index in [9.17, 15) is 13.2 Å². The van der Waals surface area contributed by atoms with Gasteiger partial charge in [-0.15, -0.1) is 0 Å². The minimum Gasteiger partial charge on any atom is -0.354 e. The van der Waals surface area contributed by atoms with Crippen molar-refractivity contribution in [1.82, 2.24) is 10.6 Å².